The SMILES string of the molecule is COC(=O)CCCCCO[C@@H]1O[C@H](CO)[C@H](OC(=O)c2ccccc2)[C@H](O)[C@H]1OC(=O)c1ccccc1. The second-order valence-electron chi connectivity index (χ2n) is 8.45. The number of rotatable bonds is 12. The Balaban J connectivity index is 1.70. The lowest BCUT2D eigenvalue weighted by atomic mass is 9.98. The molecule has 37 heavy (non-hydrogen) atoms. The molecule has 3 rings (SSSR count). The van der Waals surface area contributed by atoms with Gasteiger partial charge in [-0.25, -0.2) is 9.59 Å². The number of benzene rings is 2. The van der Waals surface area contributed by atoms with Gasteiger partial charge in [0.05, 0.1) is 24.8 Å². The van der Waals surface area contributed by atoms with E-state index in [-0.39, 0.29) is 30.1 Å². The molecule has 0 aliphatic carbocycles. The maximum absolute atomic E-state index is 12.8. The number of carbonyl (C=O) groups is 3. The lowest BCUT2D eigenvalue weighted by molar-refractivity contribution is -0.299. The van der Waals surface area contributed by atoms with Crippen LogP contribution in [0.2, 0.25) is 0 Å². The third-order valence-electron chi connectivity index (χ3n) is 5.84. The molecule has 1 saturated heterocycles. The second-order valence-corrected chi connectivity index (χ2v) is 8.45. The minimum Gasteiger partial charge on any atom is -0.469 e. The highest BCUT2D eigenvalue weighted by atomic mass is 16.7. The van der Waals surface area contributed by atoms with E-state index in [9.17, 15) is 24.6 Å². The minimum absolute atomic E-state index is 0.171. The van der Waals surface area contributed by atoms with Crippen LogP contribution in [0.5, 0.6) is 0 Å². The van der Waals surface area contributed by atoms with Crippen molar-refractivity contribution in [2.45, 2.75) is 56.4 Å². The first-order valence-electron chi connectivity index (χ1n) is 12.1. The molecule has 10 nitrogen and oxygen atoms in total. The molecule has 0 saturated carbocycles. The van der Waals surface area contributed by atoms with Gasteiger partial charge >= 0.3 is 17.9 Å². The summed E-state index contributed by atoms with van der Waals surface area (Å²) in [5.74, 6) is -1.75. The molecular formula is C27H32O10. The standard InChI is InChI=1S/C27H32O10/c1-33-21(29)15-9-4-10-16-34-27-24(37-26(32)19-13-7-3-8-14-19)22(30)23(20(17-28)35-27)36-25(31)18-11-5-2-6-12-18/h2-3,5-8,11-14,20,22-24,27-28,30H,4,9-10,15-17H2,1H3/t20-,22+,23+,24-,27-/m1/s1. The van der Waals surface area contributed by atoms with Gasteiger partial charge in [0.15, 0.2) is 18.5 Å². The van der Waals surface area contributed by atoms with Crippen LogP contribution in [0.1, 0.15) is 46.4 Å². The second kappa shape index (κ2) is 14.4. The highest BCUT2D eigenvalue weighted by Crippen LogP contribution is 2.28. The number of aliphatic hydroxyl groups is 2. The summed E-state index contributed by atoms with van der Waals surface area (Å²) in [6.45, 7) is -0.410. The number of ether oxygens (including phenoxy) is 5. The molecule has 1 heterocycles. The van der Waals surface area contributed by atoms with Crippen molar-refractivity contribution in [1.29, 1.82) is 0 Å². The molecule has 0 amide bonds. The summed E-state index contributed by atoms with van der Waals surface area (Å²) in [5, 5.41) is 21.1. The molecule has 2 aromatic carbocycles. The van der Waals surface area contributed by atoms with Crippen molar-refractivity contribution >= 4 is 17.9 Å². The van der Waals surface area contributed by atoms with E-state index in [4.69, 9.17) is 18.9 Å². The third-order valence-corrected chi connectivity index (χ3v) is 5.84. The van der Waals surface area contributed by atoms with Crippen molar-refractivity contribution in [3.8, 4) is 0 Å². The Morgan fingerprint density at radius 3 is 1.95 bits per heavy atom. The Labute approximate surface area is 215 Å². The lowest BCUT2D eigenvalue weighted by Gasteiger charge is -2.42. The molecule has 0 radical (unpaired) electrons. The van der Waals surface area contributed by atoms with Gasteiger partial charge in [-0.1, -0.05) is 42.8 Å². The van der Waals surface area contributed by atoms with E-state index in [1.807, 2.05) is 0 Å². The molecule has 1 fully saturated rings. The molecule has 2 aromatic rings. The highest BCUT2D eigenvalue weighted by molar-refractivity contribution is 5.90. The van der Waals surface area contributed by atoms with Crippen LogP contribution in [0.4, 0.5) is 0 Å². The zero-order valence-corrected chi connectivity index (χ0v) is 20.6. The Morgan fingerprint density at radius 2 is 1.41 bits per heavy atom. The molecular weight excluding hydrogens is 484 g/mol. The average molecular weight is 517 g/mol. The van der Waals surface area contributed by atoms with Gasteiger partial charge in [0.25, 0.3) is 0 Å². The summed E-state index contributed by atoms with van der Waals surface area (Å²) in [6.07, 6.45) is -4.46. The first-order chi connectivity index (χ1) is 17.9. The number of esters is 3. The zero-order chi connectivity index (χ0) is 26.6. The summed E-state index contributed by atoms with van der Waals surface area (Å²) < 4.78 is 27.2. The lowest BCUT2D eigenvalue weighted by Crippen LogP contribution is -2.61. The number of carbonyl (C=O) groups excluding carboxylic acids is 3. The fourth-order valence-corrected chi connectivity index (χ4v) is 3.83. The van der Waals surface area contributed by atoms with Crippen molar-refractivity contribution in [3.05, 3.63) is 71.8 Å². The van der Waals surface area contributed by atoms with Gasteiger partial charge in [-0.15, -0.1) is 0 Å². The van der Waals surface area contributed by atoms with Crippen molar-refractivity contribution in [3.63, 3.8) is 0 Å². The Bertz CT molecular complexity index is 997. The van der Waals surface area contributed by atoms with Crippen LogP contribution in [0, 0.1) is 0 Å². The highest BCUT2D eigenvalue weighted by Gasteiger charge is 2.50. The molecule has 1 aliphatic heterocycles. The number of aliphatic hydroxyl groups excluding tert-OH is 2. The summed E-state index contributed by atoms with van der Waals surface area (Å²) in [7, 11) is 1.33. The first-order valence-corrected chi connectivity index (χ1v) is 12.1. The van der Waals surface area contributed by atoms with E-state index in [1.54, 1.807) is 60.7 Å². The third kappa shape index (κ3) is 8.09. The Kier molecular flexibility index (Phi) is 11.0. The molecule has 10 heteroatoms. The van der Waals surface area contributed by atoms with E-state index in [2.05, 4.69) is 4.74 Å². The maximum atomic E-state index is 12.8. The fourth-order valence-electron chi connectivity index (χ4n) is 3.83. The van der Waals surface area contributed by atoms with E-state index in [0.717, 1.165) is 0 Å². The van der Waals surface area contributed by atoms with Gasteiger partial charge < -0.3 is 33.9 Å². The number of methoxy groups -OCH3 is 1. The van der Waals surface area contributed by atoms with Gasteiger partial charge in [0, 0.05) is 13.0 Å². The van der Waals surface area contributed by atoms with Crippen LogP contribution in [0.3, 0.4) is 0 Å². The predicted molar refractivity (Wildman–Crippen MR) is 129 cm³/mol. The van der Waals surface area contributed by atoms with Crippen molar-refractivity contribution in [2.24, 2.45) is 0 Å². The van der Waals surface area contributed by atoms with Crippen molar-refractivity contribution in [2.75, 3.05) is 20.3 Å². The number of hydrogen-bond acceptors (Lipinski definition) is 10. The van der Waals surface area contributed by atoms with Crippen LogP contribution in [0.15, 0.2) is 60.7 Å². The molecule has 0 aromatic heterocycles. The maximum Gasteiger partial charge on any atom is 0.338 e. The summed E-state index contributed by atoms with van der Waals surface area (Å²) in [4.78, 5) is 36.7. The smallest absolute Gasteiger partial charge is 0.338 e. The van der Waals surface area contributed by atoms with Crippen molar-refractivity contribution in [1.82, 2.24) is 0 Å². The summed E-state index contributed by atoms with van der Waals surface area (Å²) >= 11 is 0. The van der Waals surface area contributed by atoms with E-state index in [1.165, 1.54) is 7.11 Å². The molecule has 0 unspecified atom stereocenters. The van der Waals surface area contributed by atoms with Gasteiger partial charge in [-0.05, 0) is 37.1 Å². The van der Waals surface area contributed by atoms with Gasteiger partial charge in [-0.3, -0.25) is 4.79 Å². The monoisotopic (exact) mass is 516 g/mol. The first kappa shape index (κ1) is 28.3. The molecule has 5 atom stereocenters. The molecule has 2 N–H and O–H groups in total. The average Bonchev–Trinajstić information content (AvgIpc) is 2.94. The molecule has 0 bridgehead atoms. The largest absolute Gasteiger partial charge is 0.469 e. The van der Waals surface area contributed by atoms with Crippen LogP contribution < -0.4 is 0 Å². The molecule has 200 valence electrons. The van der Waals surface area contributed by atoms with Gasteiger partial charge in [0.1, 0.15) is 12.2 Å². The number of unbranched alkanes of at least 4 members (excludes halogenated alkanes) is 2. The summed E-state index contributed by atoms with van der Waals surface area (Å²) in [5.41, 5.74) is 0.493. The normalized spacial score (nSPS) is 23.2. The van der Waals surface area contributed by atoms with Crippen LogP contribution in [0.25, 0.3) is 0 Å². The van der Waals surface area contributed by atoms with E-state index >= 15 is 0 Å². The van der Waals surface area contributed by atoms with Crippen molar-refractivity contribution < 1.29 is 48.3 Å². The van der Waals surface area contributed by atoms with Crippen LogP contribution >= 0.6 is 0 Å². The summed E-state index contributed by atoms with van der Waals surface area (Å²) in [6, 6.07) is 16.3. The fraction of sp³-hybridized carbons (Fsp3) is 0.444. The Morgan fingerprint density at radius 1 is 0.838 bits per heavy atom. The molecule has 1 aliphatic rings. The van der Waals surface area contributed by atoms with Crippen LogP contribution in [-0.4, -0.2) is 79.2 Å². The Hall–Kier alpha value is -3.31. The van der Waals surface area contributed by atoms with E-state index in [0.29, 0.717) is 19.3 Å². The topological polar surface area (TPSA) is 138 Å². The molecule has 0 spiro atoms. The van der Waals surface area contributed by atoms with Gasteiger partial charge in [-0.2, -0.15) is 0 Å². The quantitative estimate of drug-likeness (QED) is 0.245. The van der Waals surface area contributed by atoms with Crippen LogP contribution in [-0.2, 0) is 28.5 Å². The predicted octanol–water partition coefficient (Wildman–Crippen LogP) is 2.27. The minimum atomic E-state index is -1.55. The number of hydrogen-bond donors (Lipinski definition) is 2. The zero-order valence-electron chi connectivity index (χ0n) is 20.6. The van der Waals surface area contributed by atoms with E-state index < -0.39 is 49.3 Å². The van der Waals surface area contributed by atoms with Gasteiger partial charge in [0.2, 0.25) is 0 Å².